The van der Waals surface area contributed by atoms with Gasteiger partial charge in [0.25, 0.3) is 0 Å². The van der Waals surface area contributed by atoms with Gasteiger partial charge in [-0.05, 0) is 50.0 Å². The molecule has 1 aromatic carbocycles. The normalized spacial score (nSPS) is 14.6. The average Bonchev–Trinajstić information content (AvgIpc) is 3.19. The van der Waals surface area contributed by atoms with Gasteiger partial charge < -0.3 is 9.47 Å². The molecule has 3 nitrogen and oxygen atoms in total. The first-order chi connectivity index (χ1) is 9.19. The molecule has 1 aliphatic carbocycles. The first-order valence-corrected chi connectivity index (χ1v) is 7.25. The fraction of sp³-hybridized carbons (Fsp3) is 0.400. The van der Waals surface area contributed by atoms with E-state index >= 15 is 0 Å². The third kappa shape index (κ3) is 4.71. The van der Waals surface area contributed by atoms with E-state index in [9.17, 15) is 4.79 Å². The van der Waals surface area contributed by atoms with E-state index in [1.807, 2.05) is 18.2 Å². The third-order valence-corrected chi connectivity index (χ3v) is 3.32. The summed E-state index contributed by atoms with van der Waals surface area (Å²) in [5.41, 5.74) is 0.878. The molecule has 0 radical (unpaired) electrons. The van der Waals surface area contributed by atoms with Crippen molar-refractivity contribution >= 4 is 28.0 Å². The molecule has 0 atom stereocenters. The van der Waals surface area contributed by atoms with Gasteiger partial charge in [-0.15, -0.1) is 0 Å². The van der Waals surface area contributed by atoms with Crippen LogP contribution in [-0.2, 0) is 9.53 Å². The number of carbonyl (C=O) groups is 1. The van der Waals surface area contributed by atoms with Crippen LogP contribution in [0.4, 0.5) is 0 Å². The van der Waals surface area contributed by atoms with E-state index in [2.05, 4.69) is 15.9 Å². The lowest BCUT2D eigenvalue weighted by Crippen LogP contribution is -2.01. The van der Waals surface area contributed by atoms with Crippen molar-refractivity contribution in [2.24, 2.45) is 5.92 Å². The van der Waals surface area contributed by atoms with Gasteiger partial charge in [0.05, 0.1) is 13.2 Å². The molecule has 0 spiro atoms. The summed E-state index contributed by atoms with van der Waals surface area (Å²) in [5.74, 6) is 1.16. The molecule has 0 bridgehead atoms. The second-order valence-electron chi connectivity index (χ2n) is 4.52. The molecule has 0 aliphatic heterocycles. The fourth-order valence-electron chi connectivity index (χ4n) is 1.62. The van der Waals surface area contributed by atoms with Crippen molar-refractivity contribution in [3.8, 4) is 5.75 Å². The Morgan fingerprint density at radius 2 is 2.26 bits per heavy atom. The van der Waals surface area contributed by atoms with Gasteiger partial charge in [-0.1, -0.05) is 15.9 Å². The smallest absolute Gasteiger partial charge is 0.330 e. The summed E-state index contributed by atoms with van der Waals surface area (Å²) in [6.45, 7) is 2.92. The predicted molar refractivity (Wildman–Crippen MR) is 78.0 cm³/mol. The van der Waals surface area contributed by atoms with Gasteiger partial charge >= 0.3 is 5.97 Å². The zero-order chi connectivity index (χ0) is 13.7. The number of hydrogen-bond donors (Lipinski definition) is 0. The summed E-state index contributed by atoms with van der Waals surface area (Å²) in [7, 11) is 0. The van der Waals surface area contributed by atoms with Gasteiger partial charge in [-0.25, -0.2) is 4.79 Å². The summed E-state index contributed by atoms with van der Waals surface area (Å²) >= 11 is 3.42. The zero-order valence-electron chi connectivity index (χ0n) is 10.9. The first-order valence-electron chi connectivity index (χ1n) is 6.46. The largest absolute Gasteiger partial charge is 0.493 e. The number of rotatable bonds is 6. The average molecular weight is 325 g/mol. The molecule has 4 heteroatoms. The molecule has 1 aromatic rings. The lowest BCUT2D eigenvalue weighted by molar-refractivity contribution is -0.137. The Hall–Kier alpha value is -1.29. The van der Waals surface area contributed by atoms with Crippen molar-refractivity contribution in [2.45, 2.75) is 19.8 Å². The Morgan fingerprint density at radius 1 is 1.47 bits per heavy atom. The summed E-state index contributed by atoms with van der Waals surface area (Å²) < 4.78 is 11.6. The number of ether oxygens (including phenoxy) is 2. The molecular weight excluding hydrogens is 308 g/mol. The van der Waals surface area contributed by atoms with Gasteiger partial charge in [-0.2, -0.15) is 0 Å². The standard InChI is InChI=1S/C15H17BrO3/c1-2-18-15(17)8-5-12-9-13(16)6-7-14(12)19-10-11-3-4-11/h5-9,11H,2-4,10H2,1H3. The second kappa shape index (κ2) is 6.75. The number of carbonyl (C=O) groups excluding carboxylic acids is 1. The second-order valence-corrected chi connectivity index (χ2v) is 5.44. The van der Waals surface area contributed by atoms with E-state index in [1.165, 1.54) is 18.9 Å². The maximum Gasteiger partial charge on any atom is 0.330 e. The molecule has 0 heterocycles. The van der Waals surface area contributed by atoms with Crippen LogP contribution in [0.3, 0.4) is 0 Å². The van der Waals surface area contributed by atoms with E-state index in [4.69, 9.17) is 9.47 Å². The van der Waals surface area contributed by atoms with Crippen molar-refractivity contribution in [1.29, 1.82) is 0 Å². The minimum absolute atomic E-state index is 0.337. The van der Waals surface area contributed by atoms with Crippen LogP contribution in [0.5, 0.6) is 5.75 Å². The lowest BCUT2D eigenvalue weighted by atomic mass is 10.2. The molecule has 1 saturated carbocycles. The highest BCUT2D eigenvalue weighted by molar-refractivity contribution is 9.10. The zero-order valence-corrected chi connectivity index (χ0v) is 12.5. The maximum atomic E-state index is 11.3. The number of halogens is 1. The summed E-state index contributed by atoms with van der Waals surface area (Å²) in [5, 5.41) is 0. The molecular formula is C15H17BrO3. The van der Waals surface area contributed by atoms with E-state index in [-0.39, 0.29) is 5.97 Å². The van der Waals surface area contributed by atoms with Gasteiger partial charge in [0.1, 0.15) is 5.75 Å². The topological polar surface area (TPSA) is 35.5 Å². The monoisotopic (exact) mass is 324 g/mol. The third-order valence-electron chi connectivity index (χ3n) is 2.83. The van der Waals surface area contributed by atoms with E-state index in [0.717, 1.165) is 22.4 Å². The highest BCUT2D eigenvalue weighted by atomic mass is 79.9. The highest BCUT2D eigenvalue weighted by Gasteiger charge is 2.22. The van der Waals surface area contributed by atoms with E-state index in [0.29, 0.717) is 12.5 Å². The molecule has 0 aromatic heterocycles. The molecule has 1 fully saturated rings. The molecule has 1 aliphatic rings. The first kappa shape index (κ1) is 14.1. The molecule has 102 valence electrons. The van der Waals surface area contributed by atoms with Crippen LogP contribution in [-0.4, -0.2) is 19.2 Å². The molecule has 0 saturated heterocycles. The fourth-order valence-corrected chi connectivity index (χ4v) is 2.00. The summed E-state index contributed by atoms with van der Waals surface area (Å²) in [6, 6.07) is 5.78. The Bertz CT molecular complexity index is 478. The van der Waals surface area contributed by atoms with Crippen molar-refractivity contribution in [2.75, 3.05) is 13.2 Å². The van der Waals surface area contributed by atoms with Crippen LogP contribution in [0.1, 0.15) is 25.3 Å². The quantitative estimate of drug-likeness (QED) is 0.589. The SMILES string of the molecule is CCOC(=O)C=Cc1cc(Br)ccc1OCC1CC1. The van der Waals surface area contributed by atoms with Crippen LogP contribution in [0.25, 0.3) is 6.08 Å². The predicted octanol–water partition coefficient (Wildman–Crippen LogP) is 3.81. The molecule has 2 rings (SSSR count). The summed E-state index contributed by atoms with van der Waals surface area (Å²) in [6.07, 6.45) is 5.66. The number of esters is 1. The number of benzene rings is 1. The van der Waals surface area contributed by atoms with Gasteiger partial charge in [-0.3, -0.25) is 0 Å². The van der Waals surface area contributed by atoms with Crippen LogP contribution in [0.15, 0.2) is 28.7 Å². The van der Waals surface area contributed by atoms with Crippen LogP contribution in [0.2, 0.25) is 0 Å². The Balaban J connectivity index is 2.06. The Kier molecular flexibility index (Phi) is 5.02. The summed E-state index contributed by atoms with van der Waals surface area (Å²) in [4.78, 5) is 11.3. The lowest BCUT2D eigenvalue weighted by Gasteiger charge is -2.09. The van der Waals surface area contributed by atoms with Crippen molar-refractivity contribution < 1.29 is 14.3 Å². The van der Waals surface area contributed by atoms with Crippen molar-refractivity contribution in [3.63, 3.8) is 0 Å². The molecule has 0 N–H and O–H groups in total. The van der Waals surface area contributed by atoms with E-state index in [1.54, 1.807) is 13.0 Å². The Labute approximate surface area is 121 Å². The number of hydrogen-bond acceptors (Lipinski definition) is 3. The minimum Gasteiger partial charge on any atom is -0.493 e. The van der Waals surface area contributed by atoms with Crippen LogP contribution < -0.4 is 4.74 Å². The van der Waals surface area contributed by atoms with Crippen LogP contribution >= 0.6 is 15.9 Å². The van der Waals surface area contributed by atoms with Crippen LogP contribution in [0, 0.1) is 5.92 Å². The molecule has 19 heavy (non-hydrogen) atoms. The van der Waals surface area contributed by atoms with Gasteiger partial charge in [0.15, 0.2) is 0 Å². The Morgan fingerprint density at radius 3 is 2.95 bits per heavy atom. The highest BCUT2D eigenvalue weighted by Crippen LogP contribution is 2.31. The minimum atomic E-state index is -0.337. The van der Waals surface area contributed by atoms with Crippen molar-refractivity contribution in [3.05, 3.63) is 34.3 Å². The van der Waals surface area contributed by atoms with Gasteiger partial charge in [0.2, 0.25) is 0 Å². The maximum absolute atomic E-state index is 11.3. The van der Waals surface area contributed by atoms with E-state index < -0.39 is 0 Å². The molecule has 0 unspecified atom stereocenters. The van der Waals surface area contributed by atoms with Gasteiger partial charge in [0, 0.05) is 16.1 Å². The molecule has 0 amide bonds. The van der Waals surface area contributed by atoms with Crippen molar-refractivity contribution in [1.82, 2.24) is 0 Å².